The number of carbonyl (C=O) groups is 1. The number of isothiocyanates is 1. The molecular weight excluding hydrogens is 340 g/mol. The smallest absolute Gasteiger partial charge is 0.407 e. The number of ether oxygens (including phenoxy) is 1. The molecular formula is C18H18N2O4S. The number of aliphatic imine (C=N–C) groups is 1. The lowest BCUT2D eigenvalue weighted by Gasteiger charge is -2.18. The van der Waals surface area contributed by atoms with E-state index in [4.69, 9.17) is 4.74 Å². The molecule has 0 aliphatic heterocycles. The number of aliphatic hydroxyl groups is 2. The first-order chi connectivity index (χ1) is 12.1. The second-order valence-electron chi connectivity index (χ2n) is 5.25. The molecule has 2 atom stereocenters. The van der Waals surface area contributed by atoms with Crippen LogP contribution in [0.25, 0.3) is 0 Å². The van der Waals surface area contributed by atoms with Gasteiger partial charge in [-0.25, -0.2) is 4.79 Å². The van der Waals surface area contributed by atoms with Crippen LogP contribution in [0.3, 0.4) is 0 Å². The van der Waals surface area contributed by atoms with E-state index in [0.29, 0.717) is 11.3 Å². The normalized spacial score (nSPS) is 12.6. The Morgan fingerprint density at radius 3 is 2.48 bits per heavy atom. The number of aliphatic hydroxyl groups excluding tert-OH is 2. The number of amides is 1. The summed E-state index contributed by atoms with van der Waals surface area (Å²) in [5.74, 6) is 0. The summed E-state index contributed by atoms with van der Waals surface area (Å²) in [5.41, 5.74) is 1.95. The highest BCUT2D eigenvalue weighted by Crippen LogP contribution is 2.20. The van der Waals surface area contributed by atoms with E-state index in [1.54, 1.807) is 24.3 Å². The summed E-state index contributed by atoms with van der Waals surface area (Å²) in [6.07, 6.45) is -3.00. The molecule has 130 valence electrons. The molecule has 0 aromatic heterocycles. The fraction of sp³-hybridized carbons (Fsp3) is 0.222. The van der Waals surface area contributed by atoms with Crippen molar-refractivity contribution in [1.82, 2.24) is 5.32 Å². The molecule has 3 N–H and O–H groups in total. The van der Waals surface area contributed by atoms with Crippen molar-refractivity contribution >= 4 is 29.2 Å². The average molecular weight is 358 g/mol. The van der Waals surface area contributed by atoms with Gasteiger partial charge < -0.3 is 20.3 Å². The van der Waals surface area contributed by atoms with Crippen LogP contribution in [0.5, 0.6) is 0 Å². The van der Waals surface area contributed by atoms with Gasteiger partial charge in [0.2, 0.25) is 0 Å². The minimum absolute atomic E-state index is 0.132. The largest absolute Gasteiger partial charge is 0.445 e. The monoisotopic (exact) mass is 358 g/mol. The van der Waals surface area contributed by atoms with Crippen LogP contribution in [-0.2, 0) is 11.3 Å². The van der Waals surface area contributed by atoms with Crippen LogP contribution in [0, 0.1) is 0 Å². The van der Waals surface area contributed by atoms with Gasteiger partial charge in [0.05, 0.1) is 10.8 Å². The zero-order valence-electron chi connectivity index (χ0n) is 13.3. The zero-order valence-corrected chi connectivity index (χ0v) is 14.1. The number of nitrogens with zero attached hydrogens (tertiary/aromatic N) is 1. The van der Waals surface area contributed by atoms with Crippen molar-refractivity contribution < 1.29 is 19.7 Å². The molecule has 7 heteroatoms. The van der Waals surface area contributed by atoms with Crippen molar-refractivity contribution in [2.24, 2.45) is 4.99 Å². The maximum Gasteiger partial charge on any atom is 0.407 e. The number of rotatable bonds is 7. The minimum atomic E-state index is -1.18. The Kier molecular flexibility index (Phi) is 7.25. The van der Waals surface area contributed by atoms with Gasteiger partial charge in [0.25, 0.3) is 0 Å². The van der Waals surface area contributed by atoms with Crippen molar-refractivity contribution in [2.75, 3.05) is 6.54 Å². The number of carbonyl (C=O) groups excluding carboxylic acids is 1. The Bertz CT molecular complexity index is 731. The summed E-state index contributed by atoms with van der Waals surface area (Å²) in [6.45, 7) is -0.0121. The van der Waals surface area contributed by atoms with Crippen LogP contribution in [-0.4, -0.2) is 34.1 Å². The number of hydrogen-bond acceptors (Lipinski definition) is 6. The summed E-state index contributed by atoms with van der Waals surface area (Å²) in [6, 6.07) is 15.8. The van der Waals surface area contributed by atoms with E-state index in [1.807, 2.05) is 30.3 Å². The van der Waals surface area contributed by atoms with E-state index in [9.17, 15) is 15.0 Å². The fourth-order valence-electron chi connectivity index (χ4n) is 2.09. The first-order valence-corrected chi connectivity index (χ1v) is 7.99. The predicted molar refractivity (Wildman–Crippen MR) is 96.7 cm³/mol. The van der Waals surface area contributed by atoms with Crippen LogP contribution in [0.15, 0.2) is 59.6 Å². The quantitative estimate of drug-likeness (QED) is 0.523. The lowest BCUT2D eigenvalue weighted by atomic mass is 10.0. The molecule has 25 heavy (non-hydrogen) atoms. The summed E-state index contributed by atoms with van der Waals surface area (Å²) >= 11 is 4.51. The van der Waals surface area contributed by atoms with Gasteiger partial charge >= 0.3 is 6.09 Å². The van der Waals surface area contributed by atoms with Crippen molar-refractivity contribution in [2.45, 2.75) is 18.8 Å². The molecule has 0 bridgehead atoms. The van der Waals surface area contributed by atoms with Gasteiger partial charge in [0.1, 0.15) is 18.8 Å². The molecule has 0 saturated heterocycles. The molecule has 0 aliphatic carbocycles. The molecule has 6 nitrogen and oxygen atoms in total. The van der Waals surface area contributed by atoms with Crippen molar-refractivity contribution in [1.29, 1.82) is 0 Å². The Balaban J connectivity index is 1.79. The van der Waals surface area contributed by atoms with Gasteiger partial charge in [-0.15, -0.1) is 0 Å². The number of thiocarbonyl (C=S) groups is 1. The van der Waals surface area contributed by atoms with Gasteiger partial charge in [0, 0.05) is 6.54 Å². The third kappa shape index (κ3) is 6.10. The standard InChI is InChI=1S/C18H18N2O4S/c21-16(17(22)14-6-8-15(9-7-14)20-12-25)10-19-18(23)24-11-13-4-2-1-3-5-13/h1-9,16-17,21-22H,10-11H2,(H,19,23). The van der Waals surface area contributed by atoms with E-state index in [-0.39, 0.29) is 13.2 Å². The number of nitrogens with one attached hydrogen (secondary N) is 1. The molecule has 2 rings (SSSR count). The van der Waals surface area contributed by atoms with Crippen LogP contribution in [0.2, 0.25) is 0 Å². The lowest BCUT2D eigenvalue weighted by molar-refractivity contribution is 0.0184. The third-order valence-corrected chi connectivity index (χ3v) is 3.53. The average Bonchev–Trinajstić information content (AvgIpc) is 2.65. The Labute approximate surface area is 150 Å². The highest BCUT2D eigenvalue weighted by Gasteiger charge is 2.19. The molecule has 2 unspecified atom stereocenters. The predicted octanol–water partition coefficient (Wildman–Crippen LogP) is 2.74. The number of benzene rings is 2. The van der Waals surface area contributed by atoms with Gasteiger partial charge in [-0.2, -0.15) is 4.99 Å². The Hall–Kier alpha value is -2.57. The molecule has 0 heterocycles. The van der Waals surface area contributed by atoms with Gasteiger partial charge in [0.15, 0.2) is 0 Å². The van der Waals surface area contributed by atoms with E-state index >= 15 is 0 Å². The highest BCUT2D eigenvalue weighted by molar-refractivity contribution is 7.78. The van der Waals surface area contributed by atoms with Crippen molar-refractivity contribution in [3.8, 4) is 0 Å². The molecule has 0 fully saturated rings. The summed E-state index contributed by atoms with van der Waals surface area (Å²) < 4.78 is 5.03. The number of hydrogen-bond donors (Lipinski definition) is 3. The first kappa shape index (κ1) is 18.8. The summed E-state index contributed by atoms with van der Waals surface area (Å²) in [4.78, 5) is 15.4. The summed E-state index contributed by atoms with van der Waals surface area (Å²) in [7, 11) is 0. The van der Waals surface area contributed by atoms with Crippen molar-refractivity contribution in [3.05, 3.63) is 65.7 Å². The van der Waals surface area contributed by atoms with Crippen LogP contribution in [0.1, 0.15) is 17.2 Å². The summed E-state index contributed by atoms with van der Waals surface area (Å²) in [5, 5.41) is 24.8. The van der Waals surface area contributed by atoms with Crippen LogP contribution in [0.4, 0.5) is 10.5 Å². The maximum atomic E-state index is 11.6. The molecule has 2 aromatic rings. The van der Waals surface area contributed by atoms with Gasteiger partial charge in [-0.1, -0.05) is 42.5 Å². The van der Waals surface area contributed by atoms with Crippen LogP contribution >= 0.6 is 12.2 Å². The maximum absolute atomic E-state index is 11.6. The van der Waals surface area contributed by atoms with E-state index in [1.165, 1.54) is 0 Å². The second-order valence-corrected chi connectivity index (χ2v) is 5.43. The van der Waals surface area contributed by atoms with E-state index < -0.39 is 18.3 Å². The third-order valence-electron chi connectivity index (χ3n) is 3.44. The SMILES string of the molecule is O=C(NCC(O)C(O)c1ccc(N=C=S)cc1)OCc1ccccc1. The molecule has 0 spiro atoms. The van der Waals surface area contributed by atoms with E-state index in [0.717, 1.165) is 5.56 Å². The molecule has 0 aliphatic rings. The Morgan fingerprint density at radius 1 is 1.16 bits per heavy atom. The lowest BCUT2D eigenvalue weighted by Crippen LogP contribution is -2.35. The molecule has 2 aromatic carbocycles. The van der Waals surface area contributed by atoms with Crippen molar-refractivity contribution in [3.63, 3.8) is 0 Å². The number of alkyl carbamates (subject to hydrolysis) is 1. The zero-order chi connectivity index (χ0) is 18.1. The molecule has 0 saturated carbocycles. The highest BCUT2D eigenvalue weighted by atomic mass is 32.1. The molecule has 0 radical (unpaired) electrons. The first-order valence-electron chi connectivity index (χ1n) is 7.58. The fourth-order valence-corrected chi connectivity index (χ4v) is 2.20. The van der Waals surface area contributed by atoms with E-state index in [2.05, 4.69) is 27.7 Å². The minimum Gasteiger partial charge on any atom is -0.445 e. The van der Waals surface area contributed by atoms with Gasteiger partial charge in [-0.05, 0) is 35.5 Å². The van der Waals surface area contributed by atoms with Crippen LogP contribution < -0.4 is 5.32 Å². The Morgan fingerprint density at radius 2 is 1.84 bits per heavy atom. The topological polar surface area (TPSA) is 91.2 Å². The molecule has 1 amide bonds. The van der Waals surface area contributed by atoms with Gasteiger partial charge in [-0.3, -0.25) is 0 Å². The second kappa shape index (κ2) is 9.66.